The van der Waals surface area contributed by atoms with Gasteiger partial charge in [-0.05, 0) is 65.5 Å². The number of aliphatic hydroxyl groups is 2. The van der Waals surface area contributed by atoms with E-state index in [1.165, 1.54) is 0 Å². The van der Waals surface area contributed by atoms with Crippen LogP contribution in [-0.4, -0.2) is 35.2 Å². The normalized spacial score (nSPS) is 11.7. The molecule has 0 aromatic rings. The Kier molecular flexibility index (Phi) is 9.12. The van der Waals surface area contributed by atoms with Crippen molar-refractivity contribution >= 4 is 25.0 Å². The molecule has 0 saturated heterocycles. The molecule has 0 aromatic heterocycles. The fourth-order valence-electron chi connectivity index (χ4n) is 0.897. The van der Waals surface area contributed by atoms with E-state index in [1.54, 1.807) is 6.26 Å². The van der Waals surface area contributed by atoms with Gasteiger partial charge in [-0.2, -0.15) is 0 Å². The van der Waals surface area contributed by atoms with Gasteiger partial charge in [-0.3, -0.25) is 0 Å². The molecule has 0 rings (SSSR count). The van der Waals surface area contributed by atoms with Crippen molar-refractivity contribution in [2.24, 2.45) is 0 Å². The number of aliphatic hydroxyl groups excluding tert-OH is 1. The van der Waals surface area contributed by atoms with E-state index >= 15 is 0 Å². The van der Waals surface area contributed by atoms with E-state index in [2.05, 4.69) is 65.5 Å². The van der Waals surface area contributed by atoms with Gasteiger partial charge in [0.15, 0.2) is 0 Å². The predicted molar refractivity (Wildman–Crippen MR) is 95.8 cm³/mol. The van der Waals surface area contributed by atoms with Crippen molar-refractivity contribution in [3.05, 3.63) is 24.7 Å². The van der Waals surface area contributed by atoms with Gasteiger partial charge >= 0.3 is 0 Å². The van der Waals surface area contributed by atoms with E-state index in [0.717, 1.165) is 0 Å². The monoisotopic (exact) mass is 352 g/mol. The van der Waals surface area contributed by atoms with Gasteiger partial charge in [0.1, 0.15) is 6.26 Å². The minimum atomic E-state index is -1.65. The van der Waals surface area contributed by atoms with Gasteiger partial charge in [0, 0.05) is 0 Å². The second-order valence-corrected chi connectivity index (χ2v) is 20.8. The summed E-state index contributed by atoms with van der Waals surface area (Å²) in [4.78, 5) is 0. The number of rotatable bonds is 6. The zero-order chi connectivity index (χ0) is 17.5. The van der Waals surface area contributed by atoms with E-state index in [-0.39, 0.29) is 0 Å². The van der Waals surface area contributed by atoms with Crippen molar-refractivity contribution in [3.63, 3.8) is 0 Å². The molecule has 5 nitrogen and oxygen atoms in total. The van der Waals surface area contributed by atoms with Crippen LogP contribution in [0.25, 0.3) is 0 Å². The third kappa shape index (κ3) is 24.5. The molecular weight excluding hydrogens is 320 g/mol. The minimum absolute atomic E-state index is 0.575. The first-order chi connectivity index (χ1) is 9.02. The van der Waals surface area contributed by atoms with Crippen LogP contribution >= 0.6 is 0 Å². The zero-order valence-corrected chi connectivity index (χ0v) is 17.9. The molecule has 0 amide bonds. The molecule has 0 aliphatic heterocycles. The van der Waals surface area contributed by atoms with Crippen molar-refractivity contribution in [1.29, 1.82) is 0 Å². The fourth-order valence-corrected chi connectivity index (χ4v) is 2.82. The summed E-state index contributed by atoms with van der Waals surface area (Å²) in [5.41, 5.74) is 0. The summed E-state index contributed by atoms with van der Waals surface area (Å²) in [7, 11) is -4.88. The lowest BCUT2D eigenvalue weighted by atomic mass is 11.0. The number of hydrogen-bond donors (Lipinski definition) is 2. The van der Waals surface area contributed by atoms with Crippen LogP contribution in [0.2, 0.25) is 58.9 Å². The second kappa shape index (κ2) is 8.54. The molecule has 0 saturated carbocycles. The number of hydrogen-bond acceptors (Lipinski definition) is 5. The van der Waals surface area contributed by atoms with Crippen LogP contribution in [0.15, 0.2) is 24.7 Å². The van der Waals surface area contributed by atoms with Crippen molar-refractivity contribution in [1.82, 2.24) is 0 Å². The first-order valence-electron chi connectivity index (χ1n) is 6.85. The largest absolute Gasteiger partial charge is 0.545 e. The van der Waals surface area contributed by atoms with Crippen molar-refractivity contribution in [2.75, 3.05) is 0 Å². The maximum Gasteiger partial charge on any atom is 0.286 e. The van der Waals surface area contributed by atoms with Crippen LogP contribution < -0.4 is 0 Å². The summed E-state index contributed by atoms with van der Waals surface area (Å²) in [5.74, 6) is -0.259. The third-order valence-electron chi connectivity index (χ3n) is 1.32. The molecule has 126 valence electrons. The molecule has 21 heavy (non-hydrogen) atoms. The molecule has 0 spiro atoms. The highest BCUT2D eigenvalue weighted by Crippen LogP contribution is 2.18. The van der Waals surface area contributed by atoms with Crippen molar-refractivity contribution < 1.29 is 23.5 Å². The molecule has 0 atom stereocenters. The second-order valence-electron chi connectivity index (χ2n) is 7.51. The van der Waals surface area contributed by atoms with Gasteiger partial charge in [0.2, 0.25) is 25.0 Å². The van der Waals surface area contributed by atoms with E-state index in [4.69, 9.17) is 23.5 Å². The molecule has 0 radical (unpaired) electrons. The summed E-state index contributed by atoms with van der Waals surface area (Å²) in [6, 6.07) is 0. The van der Waals surface area contributed by atoms with Crippen LogP contribution in [-0.2, 0) is 13.3 Å². The Labute approximate surface area is 132 Å². The average Bonchev–Trinajstić information content (AvgIpc) is 2.06. The van der Waals surface area contributed by atoms with Crippen LogP contribution in [0.4, 0.5) is 0 Å². The Morgan fingerprint density at radius 3 is 1.24 bits per heavy atom. The van der Waals surface area contributed by atoms with Crippen LogP contribution in [0.1, 0.15) is 0 Å². The minimum Gasteiger partial charge on any atom is -0.545 e. The van der Waals surface area contributed by atoms with Gasteiger partial charge in [-0.15, -0.1) is 0 Å². The third-order valence-corrected chi connectivity index (χ3v) is 3.77. The average molecular weight is 353 g/mol. The maximum absolute atomic E-state index is 7.42. The predicted octanol–water partition coefficient (Wildman–Crippen LogP) is 4.91. The summed E-state index contributed by atoms with van der Waals surface area (Å²) >= 11 is 0. The van der Waals surface area contributed by atoms with Gasteiger partial charge < -0.3 is 23.5 Å². The molecule has 0 heterocycles. The first kappa shape index (κ1) is 22.4. The SMILES string of the molecule is C=C(O)O.C[Si](C)(C)OC=C(O[Si](C)(C)C)O[Si](C)(C)C. The van der Waals surface area contributed by atoms with E-state index < -0.39 is 30.9 Å². The molecule has 2 N–H and O–H groups in total. The molecular formula is C13H32O5Si3. The van der Waals surface area contributed by atoms with Gasteiger partial charge in [-0.25, -0.2) is 0 Å². The Morgan fingerprint density at radius 2 is 1.05 bits per heavy atom. The first-order valence-corrected chi connectivity index (χ1v) is 17.1. The van der Waals surface area contributed by atoms with Gasteiger partial charge in [0.05, 0.1) is 0 Å². The molecule has 0 bridgehead atoms. The van der Waals surface area contributed by atoms with E-state index in [1.807, 2.05) is 0 Å². The van der Waals surface area contributed by atoms with Crippen LogP contribution in [0.5, 0.6) is 0 Å². The highest BCUT2D eigenvalue weighted by molar-refractivity contribution is 6.71. The van der Waals surface area contributed by atoms with E-state index in [9.17, 15) is 0 Å². The Balaban J connectivity index is 0. The summed E-state index contributed by atoms with van der Waals surface area (Å²) in [5, 5.41) is 14.8. The zero-order valence-electron chi connectivity index (χ0n) is 14.9. The molecule has 8 heteroatoms. The molecule has 0 aromatic carbocycles. The summed E-state index contributed by atoms with van der Waals surface area (Å²) in [6.45, 7) is 21.9. The maximum atomic E-state index is 7.42. The molecule has 0 fully saturated rings. The topological polar surface area (TPSA) is 68.2 Å². The van der Waals surface area contributed by atoms with Gasteiger partial charge in [-0.1, -0.05) is 0 Å². The van der Waals surface area contributed by atoms with Crippen LogP contribution in [0, 0.1) is 0 Å². The Hall–Kier alpha value is -0.869. The van der Waals surface area contributed by atoms with Crippen LogP contribution in [0.3, 0.4) is 0 Å². The van der Waals surface area contributed by atoms with Crippen molar-refractivity contribution in [2.45, 2.75) is 58.9 Å². The van der Waals surface area contributed by atoms with E-state index in [0.29, 0.717) is 5.95 Å². The standard InChI is InChI=1S/C11H28O3Si3.C2H4O2/c1-15(2,3)12-10-11(13-16(4,5)6)14-17(7,8)9;1-2(3)4/h10H,1-9H3;3-4H,1H2. The summed E-state index contributed by atoms with van der Waals surface area (Å²) in [6.07, 6.45) is 1.68. The highest BCUT2D eigenvalue weighted by Gasteiger charge is 2.25. The van der Waals surface area contributed by atoms with Gasteiger partial charge in [0.25, 0.3) is 11.9 Å². The lowest BCUT2D eigenvalue weighted by molar-refractivity contribution is 0.194. The Morgan fingerprint density at radius 1 is 0.762 bits per heavy atom. The van der Waals surface area contributed by atoms with Crippen molar-refractivity contribution in [3.8, 4) is 0 Å². The summed E-state index contributed by atoms with van der Waals surface area (Å²) < 4.78 is 17.6. The lowest BCUT2D eigenvalue weighted by Gasteiger charge is -2.28. The quantitative estimate of drug-likeness (QED) is 0.525. The smallest absolute Gasteiger partial charge is 0.286 e. The Bertz CT molecular complexity index is 326. The molecule has 0 aliphatic rings. The lowest BCUT2D eigenvalue weighted by Crippen LogP contribution is -2.32. The molecule has 0 unspecified atom stereocenters. The molecule has 0 aliphatic carbocycles. The highest BCUT2D eigenvalue weighted by atomic mass is 28.4. The fraction of sp³-hybridized carbons (Fsp3) is 0.692.